The van der Waals surface area contributed by atoms with E-state index in [0.29, 0.717) is 5.54 Å². The van der Waals surface area contributed by atoms with Gasteiger partial charge in [0, 0.05) is 55.5 Å². The molecule has 1 saturated heterocycles. The average Bonchev–Trinajstić information content (AvgIpc) is 3.10. The second-order valence-corrected chi connectivity index (χ2v) is 7.45. The van der Waals surface area contributed by atoms with Crippen molar-refractivity contribution in [1.82, 2.24) is 14.8 Å². The molecule has 1 saturated carbocycles. The predicted octanol–water partition coefficient (Wildman–Crippen LogP) is 3.21. The summed E-state index contributed by atoms with van der Waals surface area (Å²) in [5.74, 6) is 0. The van der Waals surface area contributed by atoms with Gasteiger partial charge in [-0.2, -0.15) is 0 Å². The molecule has 1 aliphatic heterocycles. The van der Waals surface area contributed by atoms with Gasteiger partial charge in [0.15, 0.2) is 0 Å². The van der Waals surface area contributed by atoms with E-state index in [0.717, 1.165) is 12.1 Å². The van der Waals surface area contributed by atoms with Gasteiger partial charge >= 0.3 is 0 Å². The maximum Gasteiger partial charge on any atom is 0.0722 e. The molecule has 4 nitrogen and oxygen atoms in total. The lowest BCUT2D eigenvalue weighted by Crippen LogP contribution is -2.58. The highest BCUT2D eigenvalue weighted by Crippen LogP contribution is 2.36. The fourth-order valence-electron chi connectivity index (χ4n) is 4.43. The number of fused-ring (bicyclic) bond motifs is 1. The Morgan fingerprint density at radius 1 is 1.04 bits per heavy atom. The molecule has 0 spiro atoms. The van der Waals surface area contributed by atoms with Gasteiger partial charge in [-0.25, -0.2) is 0 Å². The highest BCUT2D eigenvalue weighted by atomic mass is 15.3. The molecule has 1 aromatic carbocycles. The van der Waals surface area contributed by atoms with Gasteiger partial charge in [-0.05, 0) is 32.0 Å². The van der Waals surface area contributed by atoms with Crippen molar-refractivity contribution in [3.05, 3.63) is 36.5 Å². The summed E-state index contributed by atoms with van der Waals surface area (Å²) in [5.41, 5.74) is 2.63. The Morgan fingerprint density at radius 2 is 1.79 bits per heavy atom. The minimum Gasteiger partial charge on any atom is -0.383 e. The van der Waals surface area contributed by atoms with E-state index in [1.807, 2.05) is 6.20 Å². The summed E-state index contributed by atoms with van der Waals surface area (Å²) in [6.07, 6.45) is 7.30. The van der Waals surface area contributed by atoms with Crippen molar-refractivity contribution >= 4 is 16.6 Å². The van der Waals surface area contributed by atoms with E-state index in [1.165, 1.54) is 62.9 Å². The summed E-state index contributed by atoms with van der Waals surface area (Å²) in [4.78, 5) is 9.69. The largest absolute Gasteiger partial charge is 0.383 e. The van der Waals surface area contributed by atoms with Crippen LogP contribution in [0.3, 0.4) is 0 Å². The molecule has 1 aliphatic carbocycles. The minimum absolute atomic E-state index is 0.339. The van der Waals surface area contributed by atoms with Crippen molar-refractivity contribution in [3.8, 4) is 0 Å². The molecule has 0 amide bonds. The number of benzene rings is 1. The highest BCUT2D eigenvalue weighted by Gasteiger charge is 2.40. The number of nitrogens with zero attached hydrogens (tertiary/aromatic N) is 3. The van der Waals surface area contributed by atoms with Crippen molar-refractivity contribution in [2.75, 3.05) is 45.1 Å². The summed E-state index contributed by atoms with van der Waals surface area (Å²) in [7, 11) is 2.24. The van der Waals surface area contributed by atoms with Gasteiger partial charge in [0.25, 0.3) is 0 Å². The number of rotatable bonds is 4. The molecule has 0 atom stereocenters. The van der Waals surface area contributed by atoms with E-state index in [1.54, 1.807) is 0 Å². The molecule has 4 heteroatoms. The number of anilines is 1. The predicted molar refractivity (Wildman–Crippen MR) is 101 cm³/mol. The topological polar surface area (TPSA) is 31.4 Å². The Morgan fingerprint density at radius 3 is 2.58 bits per heavy atom. The fourth-order valence-corrected chi connectivity index (χ4v) is 4.43. The molecule has 24 heavy (non-hydrogen) atoms. The number of piperazine rings is 1. The third kappa shape index (κ3) is 3.01. The van der Waals surface area contributed by atoms with Crippen molar-refractivity contribution in [2.45, 2.75) is 31.2 Å². The van der Waals surface area contributed by atoms with Crippen LogP contribution in [0.15, 0.2) is 36.5 Å². The summed E-state index contributed by atoms with van der Waals surface area (Å²) < 4.78 is 0. The summed E-state index contributed by atoms with van der Waals surface area (Å²) in [6.45, 7) is 5.84. The summed E-state index contributed by atoms with van der Waals surface area (Å²) in [6, 6.07) is 10.5. The number of nitrogens with one attached hydrogen (secondary N) is 1. The van der Waals surface area contributed by atoms with Crippen molar-refractivity contribution in [3.63, 3.8) is 0 Å². The molecule has 2 aromatic rings. The molecule has 1 aromatic heterocycles. The molecule has 128 valence electrons. The molecule has 0 unspecified atom stereocenters. The maximum atomic E-state index is 4.48. The van der Waals surface area contributed by atoms with Crippen LogP contribution in [0.5, 0.6) is 0 Å². The number of aromatic nitrogens is 1. The highest BCUT2D eigenvalue weighted by molar-refractivity contribution is 5.90. The fraction of sp³-hybridized carbons (Fsp3) is 0.550. The van der Waals surface area contributed by atoms with Crippen molar-refractivity contribution < 1.29 is 0 Å². The Kier molecular flexibility index (Phi) is 4.42. The van der Waals surface area contributed by atoms with Crippen molar-refractivity contribution in [2.24, 2.45) is 0 Å². The first-order chi connectivity index (χ1) is 11.8. The number of para-hydroxylation sites is 1. The average molecular weight is 324 g/mol. The summed E-state index contributed by atoms with van der Waals surface area (Å²) >= 11 is 0. The molecule has 0 bridgehead atoms. The van der Waals surface area contributed by atoms with Crippen LogP contribution >= 0.6 is 0 Å². The third-order valence-corrected chi connectivity index (χ3v) is 5.97. The van der Waals surface area contributed by atoms with Gasteiger partial charge < -0.3 is 10.2 Å². The monoisotopic (exact) mass is 324 g/mol. The molecule has 2 fully saturated rings. The molecule has 4 rings (SSSR count). The van der Waals surface area contributed by atoms with E-state index in [2.05, 4.69) is 57.5 Å². The van der Waals surface area contributed by atoms with Crippen LogP contribution in [0.2, 0.25) is 0 Å². The zero-order valence-corrected chi connectivity index (χ0v) is 14.7. The van der Waals surface area contributed by atoms with E-state index < -0.39 is 0 Å². The standard InChI is InChI=1S/C20H28N4/c1-23-12-14-24(15-13-23)20(9-4-5-10-20)16-22-19-8-11-21-18-7-3-2-6-17(18)19/h2-3,6-8,11H,4-5,9-10,12-16H2,1H3,(H,21,22). The molecular formula is C20H28N4. The Labute approximate surface area is 144 Å². The smallest absolute Gasteiger partial charge is 0.0722 e. The van der Waals surface area contributed by atoms with Gasteiger partial charge in [0.1, 0.15) is 0 Å². The second-order valence-electron chi connectivity index (χ2n) is 7.45. The SMILES string of the molecule is CN1CCN(C2(CNc3ccnc4ccccc34)CCCC2)CC1. The lowest BCUT2D eigenvalue weighted by atomic mass is 9.93. The Bertz CT molecular complexity index is 680. The number of pyridine rings is 1. The zero-order chi connectivity index (χ0) is 16.4. The number of likely N-dealkylation sites (N-methyl/N-ethyl adjacent to an activating group) is 1. The van der Waals surface area contributed by atoms with Crippen molar-refractivity contribution in [1.29, 1.82) is 0 Å². The zero-order valence-electron chi connectivity index (χ0n) is 14.7. The van der Waals surface area contributed by atoms with Gasteiger partial charge in [-0.1, -0.05) is 31.0 Å². The quantitative estimate of drug-likeness (QED) is 0.936. The van der Waals surface area contributed by atoms with Gasteiger partial charge in [-0.15, -0.1) is 0 Å². The van der Waals surface area contributed by atoms with Crippen LogP contribution in [-0.2, 0) is 0 Å². The van der Waals surface area contributed by atoms with Gasteiger partial charge in [0.05, 0.1) is 5.52 Å². The third-order valence-electron chi connectivity index (χ3n) is 5.97. The van der Waals surface area contributed by atoms with E-state index in [4.69, 9.17) is 0 Å². The number of hydrogen-bond donors (Lipinski definition) is 1. The molecule has 2 aliphatic rings. The van der Waals surface area contributed by atoms with Crippen LogP contribution < -0.4 is 5.32 Å². The number of hydrogen-bond acceptors (Lipinski definition) is 4. The van der Waals surface area contributed by atoms with Crippen LogP contribution in [-0.4, -0.2) is 60.1 Å². The maximum absolute atomic E-state index is 4.48. The van der Waals surface area contributed by atoms with E-state index >= 15 is 0 Å². The summed E-state index contributed by atoms with van der Waals surface area (Å²) in [5, 5.41) is 5.01. The first-order valence-electron chi connectivity index (χ1n) is 9.28. The van der Waals surface area contributed by atoms with Crippen LogP contribution in [0.4, 0.5) is 5.69 Å². The molecule has 1 N–H and O–H groups in total. The van der Waals surface area contributed by atoms with Crippen LogP contribution in [0.25, 0.3) is 10.9 Å². The normalized spacial score (nSPS) is 22.0. The minimum atomic E-state index is 0.339. The van der Waals surface area contributed by atoms with E-state index in [-0.39, 0.29) is 0 Å². The second kappa shape index (κ2) is 6.69. The lowest BCUT2D eigenvalue weighted by Gasteiger charge is -2.45. The van der Waals surface area contributed by atoms with Crippen LogP contribution in [0.1, 0.15) is 25.7 Å². The lowest BCUT2D eigenvalue weighted by molar-refractivity contribution is 0.0511. The Hall–Kier alpha value is -1.65. The first-order valence-corrected chi connectivity index (χ1v) is 9.28. The van der Waals surface area contributed by atoms with Gasteiger partial charge in [-0.3, -0.25) is 9.88 Å². The molecule has 2 heterocycles. The van der Waals surface area contributed by atoms with Gasteiger partial charge in [0.2, 0.25) is 0 Å². The van der Waals surface area contributed by atoms with Crippen LogP contribution in [0, 0.1) is 0 Å². The van der Waals surface area contributed by atoms with E-state index in [9.17, 15) is 0 Å². The molecular weight excluding hydrogens is 296 g/mol. The first kappa shape index (κ1) is 15.9. The Balaban J connectivity index is 1.53. The molecule has 0 radical (unpaired) electrons.